The predicted molar refractivity (Wildman–Crippen MR) is 84.6 cm³/mol. The Morgan fingerprint density at radius 3 is 2.67 bits per heavy atom. The van der Waals surface area contributed by atoms with Crippen LogP contribution in [0.15, 0.2) is 41.3 Å². The Balaban J connectivity index is 2.39. The molecule has 4 nitrogen and oxygen atoms in total. The summed E-state index contributed by atoms with van der Waals surface area (Å²) in [6.07, 6.45) is 1.90. The molecule has 0 radical (unpaired) electrons. The highest BCUT2D eigenvalue weighted by atomic mass is 35.5. The van der Waals surface area contributed by atoms with Crippen molar-refractivity contribution in [2.75, 3.05) is 11.6 Å². The zero-order valence-electron chi connectivity index (χ0n) is 11.1. The Labute approximate surface area is 131 Å². The van der Waals surface area contributed by atoms with Crippen LogP contribution >= 0.6 is 23.4 Å². The lowest BCUT2D eigenvalue weighted by molar-refractivity contribution is 0.0697. The van der Waals surface area contributed by atoms with Crippen molar-refractivity contribution in [1.82, 2.24) is 0 Å². The van der Waals surface area contributed by atoms with Gasteiger partial charge in [0.25, 0.3) is 0 Å². The van der Waals surface area contributed by atoms with Crippen molar-refractivity contribution >= 4 is 40.7 Å². The molecule has 0 aliphatic heterocycles. The van der Waals surface area contributed by atoms with Crippen LogP contribution in [-0.4, -0.2) is 17.3 Å². The first kappa shape index (κ1) is 15.2. The van der Waals surface area contributed by atoms with Gasteiger partial charge in [0.15, 0.2) is 0 Å². The van der Waals surface area contributed by atoms with E-state index >= 15 is 0 Å². The molecule has 0 saturated heterocycles. The fraction of sp³-hybridized carbons (Fsp3) is 0.0667. The van der Waals surface area contributed by atoms with Crippen LogP contribution in [0.5, 0.6) is 0 Å². The molecule has 2 aromatic carbocycles. The summed E-state index contributed by atoms with van der Waals surface area (Å²) in [6, 6.07) is 12.1. The molecule has 0 aromatic heterocycles. The number of nitrogens with one attached hydrogen (secondary N) is 1. The second kappa shape index (κ2) is 6.53. The SMILES string of the molecule is CSc1cccc(Nc2ccc(C(=O)O)cc2Cl)c1C#N. The average Bonchev–Trinajstić information content (AvgIpc) is 2.48. The molecule has 0 aliphatic rings. The number of carboxylic acid groups (broad SMARTS) is 1. The van der Waals surface area contributed by atoms with Crippen molar-refractivity contribution in [1.29, 1.82) is 5.26 Å². The van der Waals surface area contributed by atoms with Crippen LogP contribution in [0.25, 0.3) is 0 Å². The van der Waals surface area contributed by atoms with Crippen molar-refractivity contribution in [3.8, 4) is 6.07 Å². The van der Waals surface area contributed by atoms with E-state index in [2.05, 4.69) is 11.4 Å². The molecule has 0 saturated carbocycles. The summed E-state index contributed by atoms with van der Waals surface area (Å²) in [4.78, 5) is 11.7. The normalized spacial score (nSPS) is 9.95. The van der Waals surface area contributed by atoms with E-state index in [1.807, 2.05) is 18.4 Å². The highest BCUT2D eigenvalue weighted by molar-refractivity contribution is 7.98. The molecule has 2 N–H and O–H groups in total. The van der Waals surface area contributed by atoms with Crippen molar-refractivity contribution < 1.29 is 9.90 Å². The maximum absolute atomic E-state index is 10.9. The molecule has 2 aromatic rings. The van der Waals surface area contributed by atoms with E-state index in [1.165, 1.54) is 23.9 Å². The van der Waals surface area contributed by atoms with Gasteiger partial charge in [-0.1, -0.05) is 17.7 Å². The molecule has 21 heavy (non-hydrogen) atoms. The van der Waals surface area contributed by atoms with Gasteiger partial charge in [-0.25, -0.2) is 4.79 Å². The van der Waals surface area contributed by atoms with Crippen LogP contribution in [0.1, 0.15) is 15.9 Å². The smallest absolute Gasteiger partial charge is 0.335 e. The van der Waals surface area contributed by atoms with Crippen molar-refractivity contribution in [3.63, 3.8) is 0 Å². The number of nitrogens with zero attached hydrogens (tertiary/aromatic N) is 1. The minimum Gasteiger partial charge on any atom is -0.478 e. The van der Waals surface area contributed by atoms with Gasteiger partial charge in [0.1, 0.15) is 6.07 Å². The lowest BCUT2D eigenvalue weighted by Gasteiger charge is -2.12. The molecule has 0 bridgehead atoms. The molecule has 0 heterocycles. The maximum Gasteiger partial charge on any atom is 0.335 e. The highest BCUT2D eigenvalue weighted by Crippen LogP contribution is 2.31. The van der Waals surface area contributed by atoms with E-state index in [0.29, 0.717) is 16.9 Å². The van der Waals surface area contributed by atoms with Gasteiger partial charge in [0.05, 0.1) is 27.5 Å². The van der Waals surface area contributed by atoms with Gasteiger partial charge in [-0.05, 0) is 36.6 Å². The summed E-state index contributed by atoms with van der Waals surface area (Å²) in [6.45, 7) is 0. The van der Waals surface area contributed by atoms with Crippen LogP contribution in [0, 0.1) is 11.3 Å². The summed E-state index contributed by atoms with van der Waals surface area (Å²) in [5.74, 6) is -1.04. The molecule has 0 aliphatic carbocycles. The number of benzene rings is 2. The summed E-state index contributed by atoms with van der Waals surface area (Å²) in [7, 11) is 0. The zero-order valence-corrected chi connectivity index (χ0v) is 12.6. The van der Waals surface area contributed by atoms with Crippen LogP contribution in [0.4, 0.5) is 11.4 Å². The number of aromatic carboxylic acids is 1. The Bertz CT molecular complexity index is 741. The molecule has 106 valence electrons. The van der Waals surface area contributed by atoms with Crippen LogP contribution in [0.2, 0.25) is 5.02 Å². The maximum atomic E-state index is 10.9. The number of carbonyl (C=O) groups is 1. The lowest BCUT2D eigenvalue weighted by atomic mass is 10.1. The zero-order chi connectivity index (χ0) is 15.4. The first-order valence-corrected chi connectivity index (χ1v) is 7.54. The number of rotatable bonds is 4. The minimum absolute atomic E-state index is 0.115. The largest absolute Gasteiger partial charge is 0.478 e. The Kier molecular flexibility index (Phi) is 4.73. The fourth-order valence-corrected chi connectivity index (χ4v) is 2.62. The number of anilines is 2. The van der Waals surface area contributed by atoms with Gasteiger partial charge in [-0.3, -0.25) is 0 Å². The van der Waals surface area contributed by atoms with Gasteiger partial charge in [0, 0.05) is 4.90 Å². The Hall–Kier alpha value is -2.16. The number of hydrogen-bond acceptors (Lipinski definition) is 4. The summed E-state index contributed by atoms with van der Waals surface area (Å²) >= 11 is 7.56. The monoisotopic (exact) mass is 318 g/mol. The summed E-state index contributed by atoms with van der Waals surface area (Å²) < 4.78 is 0. The Morgan fingerprint density at radius 2 is 2.10 bits per heavy atom. The van der Waals surface area contributed by atoms with Crippen molar-refractivity contribution in [3.05, 3.63) is 52.5 Å². The molecule has 0 fully saturated rings. The van der Waals surface area contributed by atoms with Crippen LogP contribution < -0.4 is 5.32 Å². The van der Waals surface area contributed by atoms with E-state index < -0.39 is 5.97 Å². The van der Waals surface area contributed by atoms with Crippen molar-refractivity contribution in [2.45, 2.75) is 4.90 Å². The van der Waals surface area contributed by atoms with E-state index in [0.717, 1.165) is 4.90 Å². The molecular formula is C15H11ClN2O2S. The van der Waals surface area contributed by atoms with Crippen LogP contribution in [0.3, 0.4) is 0 Å². The minimum atomic E-state index is -1.04. The second-order valence-electron chi connectivity index (χ2n) is 4.12. The van der Waals surface area contributed by atoms with E-state index in [1.54, 1.807) is 12.1 Å². The van der Waals surface area contributed by atoms with E-state index in [4.69, 9.17) is 16.7 Å². The first-order valence-electron chi connectivity index (χ1n) is 5.93. The molecule has 2 rings (SSSR count). The molecular weight excluding hydrogens is 308 g/mol. The van der Waals surface area contributed by atoms with Crippen molar-refractivity contribution in [2.24, 2.45) is 0 Å². The third kappa shape index (κ3) is 3.30. The fourth-order valence-electron chi connectivity index (χ4n) is 1.82. The molecule has 6 heteroatoms. The van der Waals surface area contributed by atoms with Gasteiger partial charge in [0.2, 0.25) is 0 Å². The number of thioether (sulfide) groups is 1. The Morgan fingerprint density at radius 1 is 1.33 bits per heavy atom. The topological polar surface area (TPSA) is 73.1 Å². The average molecular weight is 319 g/mol. The van der Waals surface area contributed by atoms with E-state index in [-0.39, 0.29) is 10.6 Å². The lowest BCUT2D eigenvalue weighted by Crippen LogP contribution is -1.99. The summed E-state index contributed by atoms with van der Waals surface area (Å²) in [5.41, 5.74) is 1.83. The number of halogens is 1. The molecule has 0 atom stereocenters. The third-order valence-electron chi connectivity index (χ3n) is 2.84. The predicted octanol–water partition coefficient (Wildman–Crippen LogP) is 4.38. The first-order chi connectivity index (χ1) is 10.1. The standard InChI is InChI=1S/C15H11ClN2O2S/c1-21-14-4-2-3-12(10(14)8-17)18-13-6-5-9(15(19)20)7-11(13)16/h2-7,18H,1H3,(H,19,20). The third-order valence-corrected chi connectivity index (χ3v) is 3.94. The molecule has 0 spiro atoms. The second-order valence-corrected chi connectivity index (χ2v) is 5.37. The summed E-state index contributed by atoms with van der Waals surface area (Å²) in [5, 5.41) is 21.6. The number of carboxylic acids is 1. The van der Waals surface area contributed by atoms with Gasteiger partial charge < -0.3 is 10.4 Å². The molecule has 0 unspecified atom stereocenters. The number of nitriles is 1. The van der Waals surface area contributed by atoms with Gasteiger partial charge in [-0.15, -0.1) is 11.8 Å². The highest BCUT2D eigenvalue weighted by Gasteiger charge is 2.11. The van der Waals surface area contributed by atoms with Gasteiger partial charge >= 0.3 is 5.97 Å². The van der Waals surface area contributed by atoms with E-state index in [9.17, 15) is 10.1 Å². The van der Waals surface area contributed by atoms with Crippen LogP contribution in [-0.2, 0) is 0 Å². The van der Waals surface area contributed by atoms with Gasteiger partial charge in [-0.2, -0.15) is 5.26 Å². The quantitative estimate of drug-likeness (QED) is 0.819. The number of hydrogen-bond donors (Lipinski definition) is 2. The molecule has 0 amide bonds.